The van der Waals surface area contributed by atoms with E-state index in [2.05, 4.69) is 56.4 Å². The summed E-state index contributed by atoms with van der Waals surface area (Å²) < 4.78 is 0. The molecule has 1 heterocycles. The zero-order valence-corrected chi connectivity index (χ0v) is 11.7. The highest BCUT2D eigenvalue weighted by molar-refractivity contribution is 7.12. The molecule has 1 unspecified atom stereocenters. The maximum Gasteiger partial charge on any atom is 0.0671 e. The molecule has 2 rings (SSSR count). The highest BCUT2D eigenvalue weighted by Crippen LogP contribution is 2.31. The second-order valence-electron chi connectivity index (χ2n) is 4.47. The van der Waals surface area contributed by atoms with E-state index in [1.54, 1.807) is 0 Å². The Morgan fingerprint density at radius 2 is 1.76 bits per heavy atom. The summed E-state index contributed by atoms with van der Waals surface area (Å²) in [6.45, 7) is 6.54. The summed E-state index contributed by atoms with van der Waals surface area (Å²) in [6.07, 6.45) is 0. The van der Waals surface area contributed by atoms with E-state index in [-0.39, 0.29) is 0 Å². The number of benzene rings is 1. The van der Waals surface area contributed by atoms with E-state index in [9.17, 15) is 0 Å². The van der Waals surface area contributed by atoms with Crippen LogP contribution in [0.3, 0.4) is 0 Å². The molecule has 0 radical (unpaired) electrons. The van der Waals surface area contributed by atoms with E-state index >= 15 is 0 Å². The second-order valence-corrected chi connectivity index (χ2v) is 5.75. The summed E-state index contributed by atoms with van der Waals surface area (Å²) >= 11 is 1.89. The van der Waals surface area contributed by atoms with Crippen molar-refractivity contribution in [2.24, 2.45) is 0 Å². The lowest BCUT2D eigenvalue weighted by Gasteiger charge is -2.17. The maximum atomic E-state index is 3.43. The van der Waals surface area contributed by atoms with Crippen molar-refractivity contribution in [1.29, 1.82) is 0 Å². The van der Waals surface area contributed by atoms with Gasteiger partial charge in [-0.2, -0.15) is 0 Å². The Labute approximate surface area is 108 Å². The largest absolute Gasteiger partial charge is 0.309 e. The minimum atomic E-state index is 0.314. The monoisotopic (exact) mass is 245 g/mol. The fraction of sp³-hybridized carbons (Fsp3) is 0.333. The van der Waals surface area contributed by atoms with Crippen molar-refractivity contribution in [2.75, 3.05) is 7.05 Å². The molecular formula is C15H19NS. The first kappa shape index (κ1) is 12.3. The van der Waals surface area contributed by atoms with Crippen molar-refractivity contribution >= 4 is 11.3 Å². The predicted molar refractivity (Wildman–Crippen MR) is 75.9 cm³/mol. The van der Waals surface area contributed by atoms with Gasteiger partial charge in [-0.05, 0) is 50.6 Å². The van der Waals surface area contributed by atoms with Crippen LogP contribution in [0.25, 0.3) is 0 Å². The molecule has 0 fully saturated rings. The Morgan fingerprint density at radius 1 is 1.06 bits per heavy atom. The van der Waals surface area contributed by atoms with Crippen molar-refractivity contribution in [3.05, 3.63) is 56.8 Å². The number of nitrogens with one attached hydrogen (secondary N) is 1. The summed E-state index contributed by atoms with van der Waals surface area (Å²) in [4.78, 5) is 2.81. The van der Waals surface area contributed by atoms with Gasteiger partial charge >= 0.3 is 0 Å². The van der Waals surface area contributed by atoms with Gasteiger partial charge in [0.05, 0.1) is 6.04 Å². The Bertz CT molecular complexity index is 494. The number of rotatable bonds is 3. The molecule has 0 aliphatic rings. The van der Waals surface area contributed by atoms with Gasteiger partial charge in [0.2, 0.25) is 0 Å². The third kappa shape index (κ3) is 2.43. The van der Waals surface area contributed by atoms with E-state index in [0.29, 0.717) is 6.04 Å². The lowest BCUT2D eigenvalue weighted by Crippen LogP contribution is -2.17. The van der Waals surface area contributed by atoms with Crippen molar-refractivity contribution in [3.8, 4) is 0 Å². The van der Waals surface area contributed by atoms with Gasteiger partial charge in [0.15, 0.2) is 0 Å². The first-order valence-electron chi connectivity index (χ1n) is 5.93. The molecule has 1 N–H and O–H groups in total. The highest BCUT2D eigenvalue weighted by Gasteiger charge is 2.16. The van der Waals surface area contributed by atoms with E-state index in [1.165, 1.54) is 26.4 Å². The number of aryl methyl sites for hydroxylation is 3. The zero-order chi connectivity index (χ0) is 12.4. The summed E-state index contributed by atoms with van der Waals surface area (Å²) in [5.74, 6) is 0. The predicted octanol–water partition coefficient (Wildman–Crippen LogP) is 3.98. The lowest BCUT2D eigenvalue weighted by molar-refractivity contribution is 0.699. The molecule has 1 aromatic carbocycles. The lowest BCUT2D eigenvalue weighted by atomic mass is 10.00. The van der Waals surface area contributed by atoms with Crippen LogP contribution in [0.2, 0.25) is 0 Å². The van der Waals surface area contributed by atoms with Crippen molar-refractivity contribution in [2.45, 2.75) is 26.8 Å². The quantitative estimate of drug-likeness (QED) is 0.862. The summed E-state index contributed by atoms with van der Waals surface area (Å²) in [7, 11) is 2.03. The van der Waals surface area contributed by atoms with Crippen molar-refractivity contribution < 1.29 is 0 Å². The molecular weight excluding hydrogens is 226 g/mol. The summed E-state index contributed by atoms with van der Waals surface area (Å²) in [5, 5.41) is 3.43. The van der Waals surface area contributed by atoms with E-state index in [0.717, 1.165) is 0 Å². The van der Waals surface area contributed by atoms with Gasteiger partial charge in [0, 0.05) is 9.75 Å². The molecule has 0 saturated carbocycles. The molecule has 1 nitrogen and oxygen atoms in total. The zero-order valence-electron chi connectivity index (χ0n) is 10.9. The van der Waals surface area contributed by atoms with Crippen molar-refractivity contribution in [1.82, 2.24) is 5.32 Å². The highest BCUT2D eigenvalue weighted by atomic mass is 32.1. The number of hydrogen-bond donors (Lipinski definition) is 1. The minimum Gasteiger partial charge on any atom is -0.309 e. The van der Waals surface area contributed by atoms with Gasteiger partial charge in [-0.25, -0.2) is 0 Å². The van der Waals surface area contributed by atoms with E-state index in [1.807, 2.05) is 18.4 Å². The van der Waals surface area contributed by atoms with Crippen LogP contribution in [0, 0.1) is 20.8 Å². The molecule has 90 valence electrons. The fourth-order valence-electron chi connectivity index (χ4n) is 2.11. The Balaban J connectivity index is 2.44. The molecule has 1 atom stereocenters. The minimum absolute atomic E-state index is 0.314. The van der Waals surface area contributed by atoms with Crippen LogP contribution < -0.4 is 5.32 Å². The van der Waals surface area contributed by atoms with Gasteiger partial charge < -0.3 is 5.32 Å². The second kappa shape index (κ2) is 5.03. The summed E-state index contributed by atoms with van der Waals surface area (Å²) in [5.41, 5.74) is 4.10. The van der Waals surface area contributed by atoms with Crippen LogP contribution in [0.15, 0.2) is 30.3 Å². The normalized spacial score (nSPS) is 12.7. The van der Waals surface area contributed by atoms with Crippen LogP contribution >= 0.6 is 11.3 Å². The molecule has 0 bridgehead atoms. The molecule has 0 spiro atoms. The Morgan fingerprint density at radius 3 is 2.29 bits per heavy atom. The summed E-state index contributed by atoms with van der Waals surface area (Å²) in [6, 6.07) is 11.2. The van der Waals surface area contributed by atoms with Gasteiger partial charge in [0.25, 0.3) is 0 Å². The topological polar surface area (TPSA) is 12.0 Å². The fourth-order valence-corrected chi connectivity index (χ4v) is 3.28. The van der Waals surface area contributed by atoms with Gasteiger partial charge in [-0.15, -0.1) is 11.3 Å². The van der Waals surface area contributed by atoms with Crippen LogP contribution in [0.4, 0.5) is 0 Å². The molecule has 0 aliphatic carbocycles. The van der Waals surface area contributed by atoms with E-state index < -0.39 is 0 Å². The number of hydrogen-bond acceptors (Lipinski definition) is 2. The smallest absolute Gasteiger partial charge is 0.0671 e. The number of thiophene rings is 1. The van der Waals surface area contributed by atoms with Crippen LogP contribution in [0.1, 0.15) is 32.5 Å². The molecule has 0 saturated heterocycles. The molecule has 2 aromatic rings. The van der Waals surface area contributed by atoms with Gasteiger partial charge in [-0.1, -0.05) is 24.3 Å². The van der Waals surface area contributed by atoms with Gasteiger partial charge in [-0.3, -0.25) is 0 Å². The van der Waals surface area contributed by atoms with Crippen LogP contribution in [0.5, 0.6) is 0 Å². The third-order valence-electron chi connectivity index (χ3n) is 3.26. The first-order valence-corrected chi connectivity index (χ1v) is 6.75. The first-order chi connectivity index (χ1) is 8.13. The van der Waals surface area contributed by atoms with Crippen LogP contribution in [-0.4, -0.2) is 7.05 Å². The Kier molecular flexibility index (Phi) is 3.65. The molecule has 2 heteroatoms. The van der Waals surface area contributed by atoms with E-state index in [4.69, 9.17) is 0 Å². The van der Waals surface area contributed by atoms with Crippen LogP contribution in [-0.2, 0) is 0 Å². The molecule has 1 aromatic heterocycles. The van der Waals surface area contributed by atoms with Gasteiger partial charge in [0.1, 0.15) is 0 Å². The third-order valence-corrected chi connectivity index (χ3v) is 4.48. The Hall–Kier alpha value is -1.12. The SMILES string of the molecule is CNC(c1cc(C)c(C)s1)c1ccccc1C. The van der Waals surface area contributed by atoms with Crippen molar-refractivity contribution in [3.63, 3.8) is 0 Å². The molecule has 0 amide bonds. The maximum absolute atomic E-state index is 3.43. The standard InChI is InChI=1S/C15H19NS/c1-10-7-5-6-8-13(10)15(16-4)14-9-11(2)12(3)17-14/h5-9,15-16H,1-4H3. The molecule has 17 heavy (non-hydrogen) atoms. The average molecular weight is 245 g/mol. The average Bonchev–Trinajstić information content (AvgIpc) is 2.63. The molecule has 0 aliphatic heterocycles.